The molecule has 5 aromatic rings. The summed E-state index contributed by atoms with van der Waals surface area (Å²) >= 11 is 1.16. The van der Waals surface area contributed by atoms with E-state index in [-0.39, 0.29) is 12.1 Å². The Hall–Kier alpha value is -3.99. The molecule has 0 aromatic carbocycles. The van der Waals surface area contributed by atoms with Crippen LogP contribution in [0.1, 0.15) is 21.6 Å². The van der Waals surface area contributed by atoms with E-state index in [9.17, 15) is 19.8 Å². The average Bonchev–Trinajstić information content (AvgIpc) is 3.44. The Kier molecular flexibility index (Phi) is 4.10. The van der Waals surface area contributed by atoms with Crippen LogP contribution in [0.4, 0.5) is 0 Å². The number of carboxylic acids is 1. The molecule has 30 heavy (non-hydrogen) atoms. The Bertz CT molecular complexity index is 1440. The van der Waals surface area contributed by atoms with E-state index in [4.69, 9.17) is 0 Å². The fourth-order valence-corrected chi connectivity index (χ4v) is 4.32. The third-order valence-corrected chi connectivity index (χ3v) is 5.62. The molecule has 0 spiro atoms. The third kappa shape index (κ3) is 2.92. The predicted molar refractivity (Wildman–Crippen MR) is 108 cm³/mol. The predicted octanol–water partition coefficient (Wildman–Crippen LogP) is 1.80. The van der Waals surface area contributed by atoms with Crippen molar-refractivity contribution in [3.63, 3.8) is 0 Å². The van der Waals surface area contributed by atoms with E-state index in [0.29, 0.717) is 22.5 Å². The van der Waals surface area contributed by atoms with E-state index in [2.05, 4.69) is 15.1 Å². The van der Waals surface area contributed by atoms with Crippen LogP contribution in [0.25, 0.3) is 16.0 Å². The van der Waals surface area contributed by atoms with E-state index in [1.165, 1.54) is 4.57 Å². The number of hydrogen-bond donors (Lipinski definition) is 2. The second-order valence-corrected chi connectivity index (χ2v) is 7.58. The standard InChI is InChI=1S/C19H14N6O4S/c26-15-14(18(28)29)16-13(2-5-30-16)25(17(15)27)8-11-6-21-24(7-11)10-12-9-23-4-1-3-20-19(23)22-12/h1-7,9,26H,8,10H2,(H,28,29). The van der Waals surface area contributed by atoms with Crippen LogP contribution >= 0.6 is 11.3 Å². The van der Waals surface area contributed by atoms with E-state index in [1.54, 1.807) is 34.7 Å². The van der Waals surface area contributed by atoms with Crippen LogP contribution in [0, 0.1) is 0 Å². The van der Waals surface area contributed by atoms with Gasteiger partial charge in [0.2, 0.25) is 5.78 Å². The van der Waals surface area contributed by atoms with Crippen molar-refractivity contribution < 1.29 is 15.0 Å². The fourth-order valence-electron chi connectivity index (χ4n) is 3.39. The maximum atomic E-state index is 12.6. The van der Waals surface area contributed by atoms with Gasteiger partial charge < -0.3 is 10.2 Å². The molecule has 0 saturated heterocycles. The Morgan fingerprint density at radius 2 is 2.10 bits per heavy atom. The van der Waals surface area contributed by atoms with Crippen molar-refractivity contribution in [2.24, 2.45) is 0 Å². The summed E-state index contributed by atoms with van der Waals surface area (Å²) < 4.78 is 5.21. The maximum Gasteiger partial charge on any atom is 0.341 e. The normalized spacial score (nSPS) is 11.5. The van der Waals surface area contributed by atoms with Gasteiger partial charge in [0.25, 0.3) is 5.56 Å². The van der Waals surface area contributed by atoms with Crippen LogP contribution in [-0.2, 0) is 13.1 Å². The quantitative estimate of drug-likeness (QED) is 0.442. The molecule has 0 aliphatic carbocycles. The molecular weight excluding hydrogens is 408 g/mol. The van der Waals surface area contributed by atoms with Gasteiger partial charge in [0, 0.05) is 30.4 Å². The van der Waals surface area contributed by atoms with Crippen LogP contribution in [0.3, 0.4) is 0 Å². The second kappa shape index (κ2) is 6.81. The van der Waals surface area contributed by atoms with Crippen molar-refractivity contribution in [2.75, 3.05) is 0 Å². The number of nitrogens with zero attached hydrogens (tertiary/aromatic N) is 6. The number of thiophene rings is 1. The van der Waals surface area contributed by atoms with Crippen LogP contribution in [0.5, 0.6) is 5.75 Å². The van der Waals surface area contributed by atoms with Crippen molar-refractivity contribution >= 4 is 33.3 Å². The maximum absolute atomic E-state index is 12.6. The minimum atomic E-state index is -1.33. The summed E-state index contributed by atoms with van der Waals surface area (Å²) in [5.74, 6) is -1.50. The lowest BCUT2D eigenvalue weighted by Crippen LogP contribution is -2.22. The molecule has 2 N–H and O–H groups in total. The Morgan fingerprint density at radius 1 is 1.23 bits per heavy atom. The highest BCUT2D eigenvalue weighted by Crippen LogP contribution is 2.29. The number of aromatic carboxylic acids is 1. The molecule has 0 aliphatic rings. The molecule has 0 atom stereocenters. The summed E-state index contributed by atoms with van der Waals surface area (Å²) in [6.07, 6.45) is 8.81. The molecule has 0 unspecified atom stereocenters. The molecule has 0 amide bonds. The van der Waals surface area contributed by atoms with Gasteiger partial charge in [-0.1, -0.05) is 0 Å². The van der Waals surface area contributed by atoms with Gasteiger partial charge in [-0.3, -0.25) is 18.4 Å². The van der Waals surface area contributed by atoms with Gasteiger partial charge in [0.05, 0.1) is 35.2 Å². The molecular formula is C19H14N6O4S. The zero-order valence-corrected chi connectivity index (χ0v) is 16.2. The van der Waals surface area contributed by atoms with Crippen LogP contribution in [0.2, 0.25) is 0 Å². The fraction of sp³-hybridized carbons (Fsp3) is 0.105. The molecule has 5 aromatic heterocycles. The summed E-state index contributed by atoms with van der Waals surface area (Å²) in [7, 11) is 0. The number of carbonyl (C=O) groups is 1. The van der Waals surface area contributed by atoms with Gasteiger partial charge >= 0.3 is 5.97 Å². The minimum absolute atomic E-state index is 0.145. The number of aromatic nitrogens is 6. The van der Waals surface area contributed by atoms with E-state index in [1.807, 2.05) is 22.9 Å². The van der Waals surface area contributed by atoms with E-state index in [0.717, 1.165) is 22.6 Å². The molecule has 10 nitrogen and oxygen atoms in total. The lowest BCUT2D eigenvalue weighted by Gasteiger charge is -2.09. The van der Waals surface area contributed by atoms with E-state index >= 15 is 0 Å². The second-order valence-electron chi connectivity index (χ2n) is 6.66. The Morgan fingerprint density at radius 3 is 2.90 bits per heavy atom. The lowest BCUT2D eigenvalue weighted by atomic mass is 10.2. The largest absolute Gasteiger partial charge is 0.502 e. The lowest BCUT2D eigenvalue weighted by molar-refractivity contribution is 0.0695. The summed E-state index contributed by atoms with van der Waals surface area (Å²) in [5.41, 5.74) is 0.854. The number of hydrogen-bond acceptors (Lipinski definition) is 7. The topological polar surface area (TPSA) is 128 Å². The molecule has 0 radical (unpaired) electrons. The number of rotatable bonds is 5. The Labute approximate surface area is 171 Å². The van der Waals surface area contributed by atoms with Gasteiger partial charge in [-0.2, -0.15) is 5.10 Å². The van der Waals surface area contributed by atoms with Gasteiger partial charge in [-0.05, 0) is 17.5 Å². The first kappa shape index (κ1) is 18.1. The molecule has 5 heterocycles. The molecule has 0 bridgehead atoms. The highest BCUT2D eigenvalue weighted by molar-refractivity contribution is 7.17. The number of fused-ring (bicyclic) bond motifs is 2. The van der Waals surface area contributed by atoms with Crippen molar-refractivity contribution in [2.45, 2.75) is 13.1 Å². The molecule has 150 valence electrons. The smallest absolute Gasteiger partial charge is 0.341 e. The first-order valence-corrected chi connectivity index (χ1v) is 9.75. The monoisotopic (exact) mass is 422 g/mol. The van der Waals surface area contributed by atoms with Crippen LogP contribution < -0.4 is 5.56 Å². The van der Waals surface area contributed by atoms with Crippen molar-refractivity contribution in [1.82, 2.24) is 28.7 Å². The van der Waals surface area contributed by atoms with Gasteiger partial charge in [0.15, 0.2) is 5.75 Å². The van der Waals surface area contributed by atoms with Crippen molar-refractivity contribution in [1.29, 1.82) is 0 Å². The summed E-state index contributed by atoms with van der Waals surface area (Å²) in [5, 5.41) is 25.5. The zero-order valence-electron chi connectivity index (χ0n) is 15.3. The first-order valence-electron chi connectivity index (χ1n) is 8.87. The highest BCUT2D eigenvalue weighted by atomic mass is 32.1. The molecule has 0 saturated carbocycles. The number of imidazole rings is 1. The van der Waals surface area contributed by atoms with Gasteiger partial charge in [0.1, 0.15) is 5.56 Å². The van der Waals surface area contributed by atoms with E-state index < -0.39 is 17.3 Å². The number of carboxylic acid groups (broad SMARTS) is 1. The number of aromatic hydroxyl groups is 1. The van der Waals surface area contributed by atoms with Crippen molar-refractivity contribution in [3.8, 4) is 5.75 Å². The average molecular weight is 422 g/mol. The Balaban J connectivity index is 1.47. The number of pyridine rings is 1. The third-order valence-electron chi connectivity index (χ3n) is 4.70. The summed E-state index contributed by atoms with van der Waals surface area (Å²) in [6.45, 7) is 0.571. The van der Waals surface area contributed by atoms with Crippen molar-refractivity contribution in [3.05, 3.63) is 75.7 Å². The summed E-state index contributed by atoms with van der Waals surface area (Å²) in [4.78, 5) is 32.7. The highest BCUT2D eigenvalue weighted by Gasteiger charge is 2.22. The SMILES string of the molecule is O=C(O)c1c(O)c(=O)n(Cc2cnn(Cc3cn4cccnc4n3)c2)c2ccsc12. The van der Waals surface area contributed by atoms with Gasteiger partial charge in [-0.15, -0.1) is 11.3 Å². The molecule has 0 fully saturated rings. The molecule has 11 heteroatoms. The van der Waals surface area contributed by atoms with Crippen LogP contribution in [-0.4, -0.2) is 44.9 Å². The zero-order chi connectivity index (χ0) is 20.8. The van der Waals surface area contributed by atoms with Crippen LogP contribution in [0.15, 0.2) is 53.3 Å². The minimum Gasteiger partial charge on any atom is -0.502 e. The first-order chi connectivity index (χ1) is 14.5. The van der Waals surface area contributed by atoms with Gasteiger partial charge in [-0.25, -0.2) is 14.8 Å². The summed E-state index contributed by atoms with van der Waals surface area (Å²) in [6, 6.07) is 3.49. The molecule has 0 aliphatic heterocycles. The molecule has 5 rings (SSSR count).